The molecule has 1 aromatic heterocycles. The van der Waals surface area contributed by atoms with Gasteiger partial charge in [-0.15, -0.1) is 0 Å². The minimum absolute atomic E-state index is 0.353. The molecule has 0 aliphatic carbocycles. The van der Waals surface area contributed by atoms with Crippen LogP contribution in [0.4, 0.5) is 5.82 Å². The van der Waals surface area contributed by atoms with E-state index in [0.717, 1.165) is 0 Å². The van der Waals surface area contributed by atoms with E-state index in [1.807, 2.05) is 6.26 Å². The number of carbonyl (C=O) groups excluding carboxylic acids is 1. The third-order valence-corrected chi connectivity index (χ3v) is 2.23. The number of aliphatic hydroxyl groups is 1. The topological polar surface area (TPSA) is 75.1 Å². The van der Waals surface area contributed by atoms with E-state index in [0.29, 0.717) is 29.4 Å². The van der Waals surface area contributed by atoms with Gasteiger partial charge in [0.15, 0.2) is 11.4 Å². The molecule has 1 heterocycles. The first-order valence-electron chi connectivity index (χ1n) is 4.45. The molecule has 0 spiro atoms. The van der Waals surface area contributed by atoms with E-state index in [9.17, 15) is 4.79 Å². The van der Waals surface area contributed by atoms with Crippen molar-refractivity contribution in [1.82, 2.24) is 9.97 Å². The van der Waals surface area contributed by atoms with Gasteiger partial charge in [-0.25, -0.2) is 9.97 Å². The molecular formula is C9H13N3O2S. The molecule has 0 aliphatic heterocycles. The zero-order valence-corrected chi connectivity index (χ0v) is 9.41. The monoisotopic (exact) mass is 227 g/mol. The van der Waals surface area contributed by atoms with Gasteiger partial charge in [-0.2, -0.15) is 0 Å². The van der Waals surface area contributed by atoms with Crippen molar-refractivity contribution in [1.29, 1.82) is 0 Å². The molecule has 1 atom stereocenters. The zero-order chi connectivity index (χ0) is 11.3. The highest BCUT2D eigenvalue weighted by Crippen LogP contribution is 2.14. The van der Waals surface area contributed by atoms with Crippen molar-refractivity contribution in [3.8, 4) is 0 Å². The van der Waals surface area contributed by atoms with Crippen LogP contribution in [0.25, 0.3) is 0 Å². The van der Waals surface area contributed by atoms with Crippen molar-refractivity contribution in [2.45, 2.75) is 18.2 Å². The van der Waals surface area contributed by atoms with Crippen LogP contribution in [0.2, 0.25) is 0 Å². The van der Waals surface area contributed by atoms with Gasteiger partial charge >= 0.3 is 0 Å². The van der Waals surface area contributed by atoms with Crippen LogP contribution in [0, 0.1) is 0 Å². The number of aliphatic hydroxyl groups excluding tert-OH is 1. The zero-order valence-electron chi connectivity index (χ0n) is 8.60. The third-order valence-electron chi connectivity index (χ3n) is 1.67. The molecule has 0 aliphatic rings. The van der Waals surface area contributed by atoms with Crippen molar-refractivity contribution < 1.29 is 9.90 Å². The van der Waals surface area contributed by atoms with Crippen molar-refractivity contribution in [3.63, 3.8) is 0 Å². The summed E-state index contributed by atoms with van der Waals surface area (Å²) in [5.74, 6) is 0.463. The van der Waals surface area contributed by atoms with Crippen LogP contribution in [-0.2, 0) is 0 Å². The molecule has 0 saturated heterocycles. The molecule has 0 fully saturated rings. The summed E-state index contributed by atoms with van der Waals surface area (Å²) in [6.45, 7) is 2.01. The number of thioether (sulfide) groups is 1. The van der Waals surface area contributed by atoms with E-state index in [-0.39, 0.29) is 0 Å². The number of aldehydes is 1. The van der Waals surface area contributed by atoms with Gasteiger partial charge in [0.05, 0.1) is 11.7 Å². The Morgan fingerprint density at radius 2 is 2.47 bits per heavy atom. The van der Waals surface area contributed by atoms with Crippen LogP contribution >= 0.6 is 11.8 Å². The first-order chi connectivity index (χ1) is 7.17. The molecule has 0 saturated carbocycles. The first kappa shape index (κ1) is 11.9. The summed E-state index contributed by atoms with van der Waals surface area (Å²) in [6, 6.07) is 0. The Bertz CT molecular complexity index is 344. The fourth-order valence-electron chi connectivity index (χ4n) is 0.946. The second-order valence-electron chi connectivity index (χ2n) is 3.01. The van der Waals surface area contributed by atoms with Crippen molar-refractivity contribution in [2.75, 3.05) is 18.1 Å². The van der Waals surface area contributed by atoms with Crippen LogP contribution in [-0.4, -0.2) is 40.3 Å². The molecule has 0 amide bonds. The van der Waals surface area contributed by atoms with Crippen molar-refractivity contribution >= 4 is 23.9 Å². The lowest BCUT2D eigenvalue weighted by Crippen LogP contribution is -2.17. The number of anilines is 1. The van der Waals surface area contributed by atoms with Gasteiger partial charge in [0.2, 0.25) is 0 Å². The molecule has 0 aromatic carbocycles. The summed E-state index contributed by atoms with van der Waals surface area (Å²) in [6.07, 6.45) is 3.52. The second-order valence-corrected chi connectivity index (χ2v) is 3.78. The average Bonchev–Trinajstić information content (AvgIpc) is 2.25. The maximum absolute atomic E-state index is 10.7. The van der Waals surface area contributed by atoms with Crippen LogP contribution in [0.1, 0.15) is 17.3 Å². The lowest BCUT2D eigenvalue weighted by Gasteiger charge is -2.09. The Kier molecular flexibility index (Phi) is 4.51. The summed E-state index contributed by atoms with van der Waals surface area (Å²) < 4.78 is 0. The highest BCUT2D eigenvalue weighted by Gasteiger charge is 2.06. The summed E-state index contributed by atoms with van der Waals surface area (Å²) >= 11 is 1.40. The minimum Gasteiger partial charge on any atom is -0.392 e. The van der Waals surface area contributed by atoms with Gasteiger partial charge in [-0.1, -0.05) is 11.8 Å². The van der Waals surface area contributed by atoms with Crippen LogP contribution in [0.3, 0.4) is 0 Å². The average molecular weight is 227 g/mol. The van der Waals surface area contributed by atoms with E-state index in [1.54, 1.807) is 6.92 Å². The minimum atomic E-state index is -0.489. The van der Waals surface area contributed by atoms with Crippen molar-refractivity contribution in [2.24, 2.45) is 0 Å². The quantitative estimate of drug-likeness (QED) is 0.440. The van der Waals surface area contributed by atoms with Crippen LogP contribution < -0.4 is 5.32 Å². The molecule has 82 valence electrons. The Morgan fingerprint density at radius 3 is 3.00 bits per heavy atom. The molecule has 15 heavy (non-hydrogen) atoms. The van der Waals surface area contributed by atoms with Crippen molar-refractivity contribution in [3.05, 3.63) is 11.8 Å². The molecule has 0 radical (unpaired) electrons. The van der Waals surface area contributed by atoms with E-state index >= 15 is 0 Å². The van der Waals surface area contributed by atoms with Gasteiger partial charge < -0.3 is 10.4 Å². The maximum atomic E-state index is 10.7. The molecule has 2 N–H and O–H groups in total. The van der Waals surface area contributed by atoms with E-state index < -0.39 is 6.10 Å². The largest absolute Gasteiger partial charge is 0.392 e. The fraction of sp³-hybridized carbons (Fsp3) is 0.444. The van der Waals surface area contributed by atoms with Crippen LogP contribution in [0.15, 0.2) is 11.4 Å². The van der Waals surface area contributed by atoms with E-state index in [2.05, 4.69) is 15.3 Å². The van der Waals surface area contributed by atoms with Gasteiger partial charge in [0.1, 0.15) is 5.82 Å². The standard InChI is InChI=1S/C9H13N3O2S/c1-6(14)3-10-8-7(5-13)4-11-9(12-8)15-2/h4-6,14H,3H2,1-2H3,(H,10,11,12)/t6-/m1/s1. The van der Waals surface area contributed by atoms with Crippen LogP contribution in [0.5, 0.6) is 0 Å². The predicted octanol–water partition coefficient (Wildman–Crippen LogP) is 0.804. The molecule has 1 aromatic rings. The fourth-order valence-corrected chi connectivity index (χ4v) is 1.29. The highest BCUT2D eigenvalue weighted by molar-refractivity contribution is 7.98. The summed E-state index contributed by atoms with van der Waals surface area (Å²) in [7, 11) is 0. The predicted molar refractivity (Wildman–Crippen MR) is 59.4 cm³/mol. The lowest BCUT2D eigenvalue weighted by molar-refractivity contribution is 0.112. The smallest absolute Gasteiger partial charge is 0.189 e. The normalized spacial score (nSPS) is 12.2. The van der Waals surface area contributed by atoms with Gasteiger partial charge in [-0.05, 0) is 13.2 Å². The molecule has 0 bridgehead atoms. The van der Waals surface area contributed by atoms with Gasteiger partial charge in [0, 0.05) is 12.7 Å². The lowest BCUT2D eigenvalue weighted by atomic mass is 10.3. The number of carbonyl (C=O) groups is 1. The Balaban J connectivity index is 2.86. The third kappa shape index (κ3) is 3.49. The second kappa shape index (κ2) is 5.67. The SMILES string of the molecule is CSc1ncc(C=O)c(NC[C@@H](C)O)n1. The molecule has 5 nitrogen and oxygen atoms in total. The Labute approximate surface area is 92.3 Å². The molecule has 0 unspecified atom stereocenters. The number of nitrogens with zero attached hydrogens (tertiary/aromatic N) is 2. The number of rotatable bonds is 5. The number of hydrogen-bond acceptors (Lipinski definition) is 6. The Morgan fingerprint density at radius 1 is 1.73 bits per heavy atom. The van der Waals surface area contributed by atoms with Gasteiger partial charge in [0.25, 0.3) is 0 Å². The molecule has 1 rings (SSSR count). The number of aromatic nitrogens is 2. The summed E-state index contributed by atoms with van der Waals surface area (Å²) in [5.41, 5.74) is 0.397. The summed E-state index contributed by atoms with van der Waals surface area (Å²) in [4.78, 5) is 18.8. The van der Waals surface area contributed by atoms with Gasteiger partial charge in [-0.3, -0.25) is 4.79 Å². The molecular weight excluding hydrogens is 214 g/mol. The highest BCUT2D eigenvalue weighted by atomic mass is 32.2. The first-order valence-corrected chi connectivity index (χ1v) is 5.68. The van der Waals surface area contributed by atoms with E-state index in [4.69, 9.17) is 5.11 Å². The summed E-state index contributed by atoms with van der Waals surface area (Å²) in [5, 5.41) is 12.6. The number of nitrogens with one attached hydrogen (secondary N) is 1. The molecule has 6 heteroatoms. The Hall–Kier alpha value is -1.14. The number of hydrogen-bond donors (Lipinski definition) is 2. The maximum Gasteiger partial charge on any atom is 0.189 e. The van der Waals surface area contributed by atoms with E-state index in [1.165, 1.54) is 18.0 Å².